The minimum absolute atomic E-state index is 0.151. The fourth-order valence-electron chi connectivity index (χ4n) is 2.07. The summed E-state index contributed by atoms with van der Waals surface area (Å²) in [5, 5.41) is 0. The van der Waals surface area contributed by atoms with Crippen LogP contribution in [0.1, 0.15) is 18.4 Å². The van der Waals surface area contributed by atoms with Crippen molar-refractivity contribution in [3.05, 3.63) is 23.8 Å². The summed E-state index contributed by atoms with van der Waals surface area (Å²) in [5.74, 6) is 0.650. The highest BCUT2D eigenvalue weighted by Gasteiger charge is 2.35. The third-order valence-corrected chi connectivity index (χ3v) is 5.41. The van der Waals surface area contributed by atoms with Gasteiger partial charge in [-0.05, 0) is 49.6 Å². The Morgan fingerprint density at radius 2 is 2.11 bits per heavy atom. The molecule has 0 radical (unpaired) electrons. The Balaban J connectivity index is 2.42. The van der Waals surface area contributed by atoms with E-state index in [4.69, 9.17) is 10.5 Å². The molecule has 1 aromatic rings. The summed E-state index contributed by atoms with van der Waals surface area (Å²) in [4.78, 5) is 0.341. The van der Waals surface area contributed by atoms with Crippen LogP contribution < -0.4 is 10.5 Å². The molecule has 0 atom stereocenters. The minimum Gasteiger partial charge on any atom is -0.497 e. The lowest BCUT2D eigenvalue weighted by Crippen LogP contribution is -2.30. The highest BCUT2D eigenvalue weighted by atomic mass is 32.2. The van der Waals surface area contributed by atoms with E-state index in [1.807, 2.05) is 0 Å². The molecule has 0 aliphatic heterocycles. The predicted molar refractivity (Wildman–Crippen MR) is 73.7 cm³/mol. The molecule has 0 spiro atoms. The highest BCUT2D eigenvalue weighted by Crippen LogP contribution is 2.32. The van der Waals surface area contributed by atoms with Gasteiger partial charge in [-0.2, -0.15) is 4.31 Å². The number of rotatable bonds is 6. The van der Waals surface area contributed by atoms with Crippen molar-refractivity contribution < 1.29 is 13.2 Å². The van der Waals surface area contributed by atoms with E-state index in [2.05, 4.69) is 0 Å². The van der Waals surface area contributed by atoms with Gasteiger partial charge < -0.3 is 10.5 Å². The Bertz CT molecular complexity index is 553. The van der Waals surface area contributed by atoms with Crippen molar-refractivity contribution in [3.63, 3.8) is 0 Å². The number of hydrogen-bond donors (Lipinski definition) is 1. The molecule has 2 rings (SSSR count). The van der Waals surface area contributed by atoms with Crippen molar-refractivity contribution in [2.75, 3.05) is 20.7 Å². The molecule has 2 N–H and O–H groups in total. The van der Waals surface area contributed by atoms with Crippen molar-refractivity contribution in [3.8, 4) is 5.75 Å². The lowest BCUT2D eigenvalue weighted by atomic mass is 10.1. The van der Waals surface area contributed by atoms with E-state index in [0.717, 1.165) is 12.8 Å². The largest absolute Gasteiger partial charge is 0.497 e. The van der Waals surface area contributed by atoms with Gasteiger partial charge in [-0.25, -0.2) is 8.42 Å². The number of nitrogens with zero attached hydrogens (tertiary/aromatic N) is 1. The van der Waals surface area contributed by atoms with Crippen LogP contribution in [-0.4, -0.2) is 39.5 Å². The van der Waals surface area contributed by atoms with Crippen LogP contribution in [0, 0.1) is 0 Å². The van der Waals surface area contributed by atoms with Gasteiger partial charge in [0.25, 0.3) is 0 Å². The van der Waals surface area contributed by atoms with Gasteiger partial charge >= 0.3 is 0 Å². The minimum atomic E-state index is -3.43. The van der Waals surface area contributed by atoms with Gasteiger partial charge in [0.15, 0.2) is 0 Å². The molecule has 5 nitrogen and oxygen atoms in total. The molecule has 0 bridgehead atoms. The van der Waals surface area contributed by atoms with Crippen LogP contribution in [0.5, 0.6) is 5.75 Å². The van der Waals surface area contributed by atoms with Gasteiger partial charge in [0.1, 0.15) is 5.75 Å². The second-order valence-electron chi connectivity index (χ2n) is 4.76. The van der Waals surface area contributed by atoms with Crippen LogP contribution in [0.4, 0.5) is 0 Å². The van der Waals surface area contributed by atoms with Crippen molar-refractivity contribution in [1.82, 2.24) is 4.31 Å². The van der Waals surface area contributed by atoms with Crippen LogP contribution in [0.15, 0.2) is 23.1 Å². The van der Waals surface area contributed by atoms with E-state index in [1.54, 1.807) is 32.4 Å². The van der Waals surface area contributed by atoms with E-state index in [-0.39, 0.29) is 6.04 Å². The maximum Gasteiger partial charge on any atom is 0.243 e. The van der Waals surface area contributed by atoms with Crippen molar-refractivity contribution in [2.24, 2.45) is 5.73 Å². The Kier molecular flexibility index (Phi) is 4.13. The normalized spacial score (nSPS) is 15.8. The Morgan fingerprint density at radius 1 is 1.42 bits per heavy atom. The van der Waals surface area contributed by atoms with E-state index in [0.29, 0.717) is 29.2 Å². The molecule has 0 saturated heterocycles. The van der Waals surface area contributed by atoms with E-state index in [1.165, 1.54) is 4.31 Å². The first kappa shape index (κ1) is 14.3. The molecule has 0 unspecified atom stereocenters. The first-order valence-corrected chi connectivity index (χ1v) is 7.79. The maximum absolute atomic E-state index is 12.6. The van der Waals surface area contributed by atoms with Crippen molar-refractivity contribution >= 4 is 10.0 Å². The second-order valence-corrected chi connectivity index (χ2v) is 6.73. The number of ether oxygens (including phenoxy) is 1. The third kappa shape index (κ3) is 2.91. The zero-order valence-electron chi connectivity index (χ0n) is 11.3. The Labute approximate surface area is 114 Å². The van der Waals surface area contributed by atoms with Gasteiger partial charge in [0, 0.05) is 13.1 Å². The molecule has 1 fully saturated rings. The molecule has 1 aromatic carbocycles. The average molecular weight is 284 g/mol. The van der Waals surface area contributed by atoms with E-state index < -0.39 is 10.0 Å². The first-order chi connectivity index (χ1) is 9.00. The fraction of sp³-hybridized carbons (Fsp3) is 0.538. The van der Waals surface area contributed by atoms with Crippen LogP contribution in [-0.2, 0) is 16.4 Å². The lowest BCUT2D eigenvalue weighted by Gasteiger charge is -2.19. The molecule has 19 heavy (non-hydrogen) atoms. The summed E-state index contributed by atoms with van der Waals surface area (Å²) in [5.41, 5.74) is 6.28. The Morgan fingerprint density at radius 3 is 2.63 bits per heavy atom. The topological polar surface area (TPSA) is 72.6 Å². The summed E-state index contributed by atoms with van der Waals surface area (Å²) in [6, 6.07) is 5.18. The Hall–Kier alpha value is -1.11. The average Bonchev–Trinajstić information content (AvgIpc) is 3.22. The highest BCUT2D eigenvalue weighted by molar-refractivity contribution is 7.89. The number of nitrogens with two attached hydrogens (primary N) is 1. The molecule has 6 heteroatoms. The second kappa shape index (κ2) is 5.48. The van der Waals surface area contributed by atoms with Crippen LogP contribution >= 0.6 is 0 Å². The molecule has 1 saturated carbocycles. The smallest absolute Gasteiger partial charge is 0.243 e. The molecule has 0 heterocycles. The molecule has 106 valence electrons. The van der Waals surface area contributed by atoms with Gasteiger partial charge in [0.2, 0.25) is 10.0 Å². The summed E-state index contributed by atoms with van der Waals surface area (Å²) in [6.07, 6.45) is 2.40. The van der Waals surface area contributed by atoms with E-state index in [9.17, 15) is 8.42 Å². The summed E-state index contributed by atoms with van der Waals surface area (Å²) >= 11 is 0. The van der Waals surface area contributed by atoms with Crippen LogP contribution in [0.3, 0.4) is 0 Å². The summed E-state index contributed by atoms with van der Waals surface area (Å²) in [7, 11) is -0.227. The first-order valence-electron chi connectivity index (χ1n) is 6.35. The molecule has 0 amide bonds. The summed E-state index contributed by atoms with van der Waals surface area (Å²) < 4.78 is 31.7. The quantitative estimate of drug-likeness (QED) is 0.845. The summed E-state index contributed by atoms with van der Waals surface area (Å²) in [6.45, 7) is 0.406. The van der Waals surface area contributed by atoms with Gasteiger partial charge in [0.05, 0.1) is 12.0 Å². The van der Waals surface area contributed by atoms with Crippen LogP contribution in [0.2, 0.25) is 0 Å². The van der Waals surface area contributed by atoms with Crippen LogP contribution in [0.25, 0.3) is 0 Å². The molecular formula is C13H20N2O3S. The number of benzene rings is 1. The number of methoxy groups -OCH3 is 1. The van der Waals surface area contributed by atoms with Crippen molar-refractivity contribution in [2.45, 2.75) is 30.2 Å². The van der Waals surface area contributed by atoms with Gasteiger partial charge in [-0.1, -0.05) is 0 Å². The van der Waals surface area contributed by atoms with Crippen molar-refractivity contribution in [1.29, 1.82) is 0 Å². The van der Waals surface area contributed by atoms with Gasteiger partial charge in [-0.3, -0.25) is 0 Å². The number of sulfonamides is 1. The SMILES string of the molecule is COc1ccc(S(=O)(=O)N(C)C2CC2)c(CCN)c1. The monoisotopic (exact) mass is 284 g/mol. The number of hydrogen-bond acceptors (Lipinski definition) is 4. The third-order valence-electron chi connectivity index (χ3n) is 3.40. The zero-order valence-corrected chi connectivity index (χ0v) is 12.1. The zero-order chi connectivity index (χ0) is 14.0. The maximum atomic E-state index is 12.6. The molecule has 1 aliphatic rings. The molecule has 0 aromatic heterocycles. The molecule has 1 aliphatic carbocycles. The molecular weight excluding hydrogens is 264 g/mol. The fourth-order valence-corrected chi connectivity index (χ4v) is 3.72. The lowest BCUT2D eigenvalue weighted by molar-refractivity contribution is 0.413. The van der Waals surface area contributed by atoms with E-state index >= 15 is 0 Å². The van der Waals surface area contributed by atoms with Gasteiger partial charge in [-0.15, -0.1) is 0 Å². The standard InChI is InChI=1S/C13H20N2O3S/c1-15(11-3-4-11)19(16,17)13-6-5-12(18-2)9-10(13)7-8-14/h5-6,9,11H,3-4,7-8,14H2,1-2H3. The predicted octanol–water partition coefficient (Wildman–Crippen LogP) is 0.979.